The number of carbonyl (C=O) groups is 2. The van der Waals surface area contributed by atoms with Gasteiger partial charge in [-0.1, -0.05) is 6.07 Å². The van der Waals surface area contributed by atoms with E-state index in [0.717, 1.165) is 48.9 Å². The molecular formula is C21H28N4O2. The maximum atomic E-state index is 12.8. The summed E-state index contributed by atoms with van der Waals surface area (Å²) in [5.74, 6) is 0.307. The van der Waals surface area contributed by atoms with Crippen molar-refractivity contribution >= 4 is 22.7 Å². The summed E-state index contributed by atoms with van der Waals surface area (Å²) in [6, 6.07) is 8.16. The number of amides is 2. The van der Waals surface area contributed by atoms with E-state index in [1.165, 1.54) is 6.42 Å². The standard InChI is InChI=1S/C21H28N4O2/c1-16-4-2-3-9-25(16)20(26)15-23-10-12-24(13-11-23)21(27)18-6-5-17-7-8-22-19(17)14-18/h5-8,14,16,22H,2-4,9-13,15H2,1H3. The first-order valence-electron chi connectivity index (χ1n) is 10.00. The number of carbonyl (C=O) groups excluding carboxylic acids is 2. The number of fused-ring (bicyclic) bond motifs is 1. The summed E-state index contributed by atoms with van der Waals surface area (Å²) >= 11 is 0. The lowest BCUT2D eigenvalue weighted by atomic mass is 10.0. The minimum Gasteiger partial charge on any atom is -0.361 e. The molecule has 0 aliphatic carbocycles. The zero-order chi connectivity index (χ0) is 18.8. The van der Waals surface area contributed by atoms with Gasteiger partial charge in [-0.05, 0) is 49.8 Å². The Labute approximate surface area is 160 Å². The van der Waals surface area contributed by atoms with Crippen LogP contribution in [0.25, 0.3) is 10.9 Å². The predicted molar refractivity (Wildman–Crippen MR) is 106 cm³/mol. The number of hydrogen-bond donors (Lipinski definition) is 1. The number of aromatic amines is 1. The van der Waals surface area contributed by atoms with E-state index in [1.807, 2.05) is 40.3 Å². The molecule has 6 nitrogen and oxygen atoms in total. The average molecular weight is 368 g/mol. The van der Waals surface area contributed by atoms with Crippen LogP contribution in [0.5, 0.6) is 0 Å². The van der Waals surface area contributed by atoms with Crippen LogP contribution in [0.3, 0.4) is 0 Å². The molecule has 2 saturated heterocycles. The van der Waals surface area contributed by atoms with Gasteiger partial charge in [0.25, 0.3) is 5.91 Å². The van der Waals surface area contributed by atoms with Crippen molar-refractivity contribution in [2.24, 2.45) is 0 Å². The lowest BCUT2D eigenvalue weighted by Gasteiger charge is -2.38. The molecule has 2 aliphatic heterocycles. The van der Waals surface area contributed by atoms with Gasteiger partial charge < -0.3 is 14.8 Å². The molecule has 2 fully saturated rings. The molecule has 27 heavy (non-hydrogen) atoms. The number of piperidine rings is 1. The molecule has 0 spiro atoms. The van der Waals surface area contributed by atoms with Gasteiger partial charge in [0.05, 0.1) is 6.54 Å². The fraction of sp³-hybridized carbons (Fsp3) is 0.524. The van der Waals surface area contributed by atoms with E-state index in [0.29, 0.717) is 25.7 Å². The Balaban J connectivity index is 1.31. The lowest BCUT2D eigenvalue weighted by Crippen LogP contribution is -2.53. The molecule has 0 radical (unpaired) electrons. The third kappa shape index (κ3) is 3.86. The van der Waals surface area contributed by atoms with Crippen LogP contribution in [0.2, 0.25) is 0 Å². The number of likely N-dealkylation sites (tertiary alicyclic amines) is 1. The van der Waals surface area contributed by atoms with Gasteiger partial charge in [-0.2, -0.15) is 0 Å². The smallest absolute Gasteiger partial charge is 0.254 e. The first kappa shape index (κ1) is 18.0. The molecule has 6 heteroatoms. The number of hydrogen-bond acceptors (Lipinski definition) is 3. The molecule has 4 rings (SSSR count). The molecule has 1 aromatic heterocycles. The Kier molecular flexibility index (Phi) is 5.16. The second-order valence-corrected chi connectivity index (χ2v) is 7.78. The van der Waals surface area contributed by atoms with Crippen molar-refractivity contribution in [3.05, 3.63) is 36.0 Å². The van der Waals surface area contributed by atoms with Crippen molar-refractivity contribution < 1.29 is 9.59 Å². The Morgan fingerprint density at radius 1 is 1.07 bits per heavy atom. The molecule has 144 valence electrons. The fourth-order valence-corrected chi connectivity index (χ4v) is 4.22. The van der Waals surface area contributed by atoms with Gasteiger partial charge in [0.1, 0.15) is 0 Å². The highest BCUT2D eigenvalue weighted by Crippen LogP contribution is 2.18. The molecule has 2 aromatic rings. The van der Waals surface area contributed by atoms with Crippen molar-refractivity contribution in [1.82, 2.24) is 19.7 Å². The molecule has 2 amide bonds. The quantitative estimate of drug-likeness (QED) is 0.905. The van der Waals surface area contributed by atoms with Crippen LogP contribution in [0, 0.1) is 0 Å². The first-order valence-corrected chi connectivity index (χ1v) is 10.00. The molecule has 1 aromatic carbocycles. The summed E-state index contributed by atoms with van der Waals surface area (Å²) in [7, 11) is 0. The molecular weight excluding hydrogens is 340 g/mol. The third-order valence-corrected chi connectivity index (χ3v) is 5.94. The van der Waals surface area contributed by atoms with Crippen LogP contribution in [0.15, 0.2) is 30.5 Å². The molecule has 0 bridgehead atoms. The van der Waals surface area contributed by atoms with E-state index in [1.54, 1.807) is 0 Å². The summed E-state index contributed by atoms with van der Waals surface area (Å²) in [5.41, 5.74) is 1.71. The highest BCUT2D eigenvalue weighted by Gasteiger charge is 2.27. The van der Waals surface area contributed by atoms with Gasteiger partial charge in [0.2, 0.25) is 5.91 Å². The molecule has 1 atom stereocenters. The van der Waals surface area contributed by atoms with E-state index < -0.39 is 0 Å². The number of piperazine rings is 1. The van der Waals surface area contributed by atoms with Crippen LogP contribution >= 0.6 is 0 Å². The summed E-state index contributed by atoms with van der Waals surface area (Å²) < 4.78 is 0. The van der Waals surface area contributed by atoms with Gasteiger partial charge >= 0.3 is 0 Å². The number of benzene rings is 1. The van der Waals surface area contributed by atoms with Gasteiger partial charge in [0, 0.05) is 56.0 Å². The van der Waals surface area contributed by atoms with Gasteiger partial charge in [-0.25, -0.2) is 0 Å². The summed E-state index contributed by atoms with van der Waals surface area (Å²) in [6.45, 7) is 6.36. The zero-order valence-electron chi connectivity index (χ0n) is 16.0. The zero-order valence-corrected chi connectivity index (χ0v) is 16.0. The number of H-pyrrole nitrogens is 1. The number of rotatable bonds is 3. The topological polar surface area (TPSA) is 59.7 Å². The van der Waals surface area contributed by atoms with E-state index in [2.05, 4.69) is 16.8 Å². The normalized spacial score (nSPS) is 21.6. The molecule has 2 aliphatic rings. The maximum absolute atomic E-state index is 12.8. The fourth-order valence-electron chi connectivity index (χ4n) is 4.22. The number of nitrogens with one attached hydrogen (secondary N) is 1. The Hall–Kier alpha value is -2.34. The summed E-state index contributed by atoms with van der Waals surface area (Å²) in [6.07, 6.45) is 5.33. The Morgan fingerprint density at radius 3 is 2.67 bits per heavy atom. The summed E-state index contributed by atoms with van der Waals surface area (Å²) in [5, 5.41) is 1.11. The van der Waals surface area contributed by atoms with Crippen LogP contribution < -0.4 is 0 Å². The predicted octanol–water partition coefficient (Wildman–Crippen LogP) is 2.33. The minimum absolute atomic E-state index is 0.0714. The summed E-state index contributed by atoms with van der Waals surface area (Å²) in [4.78, 5) is 34.7. The highest BCUT2D eigenvalue weighted by molar-refractivity contribution is 5.98. The second-order valence-electron chi connectivity index (χ2n) is 7.78. The Bertz CT molecular complexity index is 822. The van der Waals surface area contributed by atoms with E-state index in [-0.39, 0.29) is 11.8 Å². The first-order chi connectivity index (χ1) is 13.1. The Morgan fingerprint density at radius 2 is 1.89 bits per heavy atom. The second kappa shape index (κ2) is 7.72. The van der Waals surface area contributed by atoms with Gasteiger partial charge in [0.15, 0.2) is 0 Å². The number of aromatic nitrogens is 1. The molecule has 1 N–H and O–H groups in total. The van der Waals surface area contributed by atoms with Crippen LogP contribution in [-0.2, 0) is 4.79 Å². The monoisotopic (exact) mass is 368 g/mol. The average Bonchev–Trinajstić information content (AvgIpc) is 3.16. The van der Waals surface area contributed by atoms with Gasteiger partial charge in [-0.15, -0.1) is 0 Å². The maximum Gasteiger partial charge on any atom is 0.254 e. The van der Waals surface area contributed by atoms with Crippen LogP contribution in [-0.4, -0.2) is 76.8 Å². The molecule has 3 heterocycles. The third-order valence-electron chi connectivity index (χ3n) is 5.94. The lowest BCUT2D eigenvalue weighted by molar-refractivity contribution is -0.136. The number of nitrogens with zero attached hydrogens (tertiary/aromatic N) is 3. The van der Waals surface area contributed by atoms with Crippen molar-refractivity contribution in [2.45, 2.75) is 32.2 Å². The van der Waals surface area contributed by atoms with Crippen molar-refractivity contribution in [3.63, 3.8) is 0 Å². The van der Waals surface area contributed by atoms with E-state index in [9.17, 15) is 9.59 Å². The van der Waals surface area contributed by atoms with Gasteiger partial charge in [-0.3, -0.25) is 14.5 Å². The van der Waals surface area contributed by atoms with Crippen LogP contribution in [0.4, 0.5) is 0 Å². The van der Waals surface area contributed by atoms with Crippen molar-refractivity contribution in [3.8, 4) is 0 Å². The minimum atomic E-state index is 0.0714. The molecule has 1 unspecified atom stereocenters. The molecule has 0 saturated carbocycles. The highest BCUT2D eigenvalue weighted by atomic mass is 16.2. The van der Waals surface area contributed by atoms with Crippen LogP contribution in [0.1, 0.15) is 36.5 Å². The SMILES string of the molecule is CC1CCCCN1C(=O)CN1CCN(C(=O)c2ccc3cc[nH]c3c2)CC1. The van der Waals surface area contributed by atoms with Crippen molar-refractivity contribution in [2.75, 3.05) is 39.3 Å². The van der Waals surface area contributed by atoms with E-state index in [4.69, 9.17) is 0 Å². The van der Waals surface area contributed by atoms with Crippen molar-refractivity contribution in [1.29, 1.82) is 0 Å². The van der Waals surface area contributed by atoms with E-state index >= 15 is 0 Å². The largest absolute Gasteiger partial charge is 0.361 e.